The minimum atomic E-state index is -4.63. The second-order valence-electron chi connectivity index (χ2n) is 11.6. The number of Topliss-reactive ketones (excluding diaryl/α,β-unsaturated/α-hetero) is 1. The van der Waals surface area contributed by atoms with Crippen LogP contribution in [0, 0.1) is 11.6 Å². The average molecular weight is 676 g/mol. The summed E-state index contributed by atoms with van der Waals surface area (Å²) < 4.78 is 71.9. The van der Waals surface area contributed by atoms with E-state index in [1.807, 2.05) is 6.07 Å². The number of nitrogens with two attached hydrogens (primary N) is 1. The Bertz CT molecular complexity index is 1630. The molecule has 14 heteroatoms. The highest BCUT2D eigenvalue weighted by Crippen LogP contribution is 2.33. The summed E-state index contributed by atoms with van der Waals surface area (Å²) in [6.07, 6.45) is -4.83. The zero-order chi connectivity index (χ0) is 35.2. The first-order chi connectivity index (χ1) is 22.6. The molecular weight excluding hydrogens is 637 g/mol. The van der Waals surface area contributed by atoms with Gasteiger partial charge in [-0.3, -0.25) is 14.4 Å². The molecule has 48 heavy (non-hydrogen) atoms. The fourth-order valence-corrected chi connectivity index (χ4v) is 5.38. The number of nitrogens with zero attached hydrogens (tertiary/aromatic N) is 3. The highest BCUT2D eigenvalue weighted by molar-refractivity contribution is 6.01. The number of rotatable bonds is 7. The second kappa shape index (κ2) is 15.5. The number of primary amides is 1. The van der Waals surface area contributed by atoms with E-state index in [0.717, 1.165) is 44.0 Å². The maximum Gasteiger partial charge on any atom is 0.416 e. The number of halogens is 5. The maximum absolute atomic E-state index is 14.3. The topological polar surface area (TPSA) is 108 Å². The summed E-state index contributed by atoms with van der Waals surface area (Å²) in [7, 11) is 0. The molecule has 2 saturated heterocycles. The van der Waals surface area contributed by atoms with E-state index in [2.05, 4.69) is 10.2 Å². The minimum absolute atomic E-state index is 0.0460. The number of hydrogen-bond donors (Lipinski definition) is 2. The molecule has 3 N–H and O–H groups in total. The third kappa shape index (κ3) is 9.00. The van der Waals surface area contributed by atoms with Gasteiger partial charge in [-0.2, -0.15) is 13.2 Å². The Morgan fingerprint density at radius 1 is 0.812 bits per heavy atom. The molecule has 2 amide bonds. The monoisotopic (exact) mass is 675 g/mol. The van der Waals surface area contributed by atoms with E-state index in [9.17, 15) is 36.3 Å². The Labute approximate surface area is 275 Å². The van der Waals surface area contributed by atoms with Gasteiger partial charge in [0, 0.05) is 63.6 Å². The zero-order valence-electron chi connectivity index (χ0n) is 26.9. The van der Waals surface area contributed by atoms with Crippen molar-refractivity contribution in [3.05, 3.63) is 88.5 Å². The Balaban J connectivity index is 0.000000271. The number of amides is 2. The van der Waals surface area contributed by atoms with Crippen molar-refractivity contribution in [1.29, 1.82) is 0 Å². The van der Waals surface area contributed by atoms with Crippen LogP contribution in [0.15, 0.2) is 54.6 Å². The van der Waals surface area contributed by atoms with E-state index in [4.69, 9.17) is 10.5 Å². The van der Waals surface area contributed by atoms with Crippen molar-refractivity contribution in [2.75, 3.05) is 62.2 Å². The lowest BCUT2D eigenvalue weighted by Crippen LogP contribution is -2.49. The fraction of sp³-hybridized carbons (Fsp3) is 0.382. The van der Waals surface area contributed by atoms with Crippen molar-refractivity contribution >= 4 is 29.0 Å². The number of alkyl halides is 3. The van der Waals surface area contributed by atoms with Crippen LogP contribution in [0.4, 0.5) is 33.3 Å². The van der Waals surface area contributed by atoms with Crippen molar-refractivity contribution in [3.8, 4) is 5.75 Å². The molecule has 2 heterocycles. The number of anilines is 2. The van der Waals surface area contributed by atoms with Gasteiger partial charge < -0.3 is 30.5 Å². The van der Waals surface area contributed by atoms with Crippen LogP contribution in [0.3, 0.4) is 0 Å². The number of piperazine rings is 2. The number of hydrogen-bond acceptors (Lipinski definition) is 7. The molecule has 0 atom stereocenters. The van der Waals surface area contributed by atoms with Gasteiger partial charge in [0.1, 0.15) is 17.4 Å². The van der Waals surface area contributed by atoms with Crippen LogP contribution < -0.4 is 25.6 Å². The lowest BCUT2D eigenvalue weighted by molar-refractivity contribution is -0.137. The quantitative estimate of drug-likeness (QED) is 0.264. The molecule has 9 nitrogen and oxygen atoms in total. The highest BCUT2D eigenvalue weighted by atomic mass is 19.4. The smallest absolute Gasteiger partial charge is 0.416 e. The van der Waals surface area contributed by atoms with E-state index >= 15 is 0 Å². The number of carbonyl (C=O) groups is 3. The molecule has 0 saturated carbocycles. The lowest BCUT2D eigenvalue weighted by Gasteiger charge is -2.36. The van der Waals surface area contributed by atoms with Gasteiger partial charge in [-0.25, -0.2) is 8.78 Å². The number of benzene rings is 3. The zero-order valence-corrected chi connectivity index (χ0v) is 26.9. The van der Waals surface area contributed by atoms with Crippen molar-refractivity contribution < 1.29 is 41.1 Å². The highest BCUT2D eigenvalue weighted by Gasteiger charge is 2.32. The van der Waals surface area contributed by atoms with Crippen LogP contribution in [0.25, 0.3) is 0 Å². The summed E-state index contributed by atoms with van der Waals surface area (Å²) in [5, 5.41) is 3.24. The normalized spacial score (nSPS) is 15.1. The Hall–Kier alpha value is -4.72. The van der Waals surface area contributed by atoms with Crippen LogP contribution in [-0.2, 0) is 6.18 Å². The van der Waals surface area contributed by atoms with Gasteiger partial charge >= 0.3 is 6.18 Å². The predicted molar refractivity (Wildman–Crippen MR) is 172 cm³/mol. The summed E-state index contributed by atoms with van der Waals surface area (Å²) in [5.41, 5.74) is 5.68. The van der Waals surface area contributed by atoms with Gasteiger partial charge in [0.05, 0.1) is 28.5 Å². The molecular formula is C34H38F5N5O4. The van der Waals surface area contributed by atoms with Crippen molar-refractivity contribution in [2.24, 2.45) is 5.73 Å². The van der Waals surface area contributed by atoms with Gasteiger partial charge in [-0.1, -0.05) is 0 Å². The average Bonchev–Trinajstić information content (AvgIpc) is 3.04. The molecule has 2 aliphatic rings. The summed E-state index contributed by atoms with van der Waals surface area (Å²) in [5.74, 6) is -2.38. The van der Waals surface area contributed by atoms with Crippen LogP contribution in [0.5, 0.6) is 5.75 Å². The molecule has 2 aliphatic heterocycles. The molecule has 0 aliphatic carbocycles. The molecule has 3 aromatic carbocycles. The summed E-state index contributed by atoms with van der Waals surface area (Å²) in [6, 6.07) is 11.6. The number of ketones is 1. The van der Waals surface area contributed by atoms with E-state index in [0.29, 0.717) is 11.8 Å². The van der Waals surface area contributed by atoms with Gasteiger partial charge in [0.25, 0.3) is 5.91 Å². The predicted octanol–water partition coefficient (Wildman–Crippen LogP) is 5.13. The summed E-state index contributed by atoms with van der Waals surface area (Å²) >= 11 is 0. The standard InChI is InChI=1S/C22H23F4N3O3.C12H15FN2O/c1-13(2)32-19-6-3-14(20(27)30)11-16(19)21(31)29-9-7-28(8-10-29)18-5-4-15(12-17(18)23)22(24,25)26;1-9(16)11-3-2-10(8-12(11)13)15-6-4-14-5-7-15/h3-6,11-13H,7-10H2,1-2H3,(H2,27,30);2-3,8,14H,4-7H2,1H3. The van der Waals surface area contributed by atoms with Gasteiger partial charge in [-0.05, 0) is 75.4 Å². The largest absolute Gasteiger partial charge is 0.490 e. The Morgan fingerprint density at radius 2 is 1.48 bits per heavy atom. The molecule has 0 radical (unpaired) electrons. The van der Waals surface area contributed by atoms with Crippen molar-refractivity contribution in [2.45, 2.75) is 33.1 Å². The van der Waals surface area contributed by atoms with Crippen molar-refractivity contribution in [1.82, 2.24) is 10.2 Å². The van der Waals surface area contributed by atoms with E-state index in [-0.39, 0.29) is 66.4 Å². The number of nitrogens with one attached hydrogen (secondary N) is 1. The lowest BCUT2D eigenvalue weighted by atomic mass is 10.1. The Kier molecular flexibility index (Phi) is 11.6. The molecule has 0 unspecified atom stereocenters. The van der Waals surface area contributed by atoms with E-state index < -0.39 is 29.3 Å². The molecule has 0 bridgehead atoms. The maximum atomic E-state index is 14.3. The molecule has 3 aromatic rings. The third-order valence-corrected chi connectivity index (χ3v) is 7.85. The molecule has 5 rings (SSSR count). The van der Waals surface area contributed by atoms with Crippen LogP contribution >= 0.6 is 0 Å². The first-order valence-electron chi connectivity index (χ1n) is 15.4. The van der Waals surface area contributed by atoms with Gasteiger partial charge in [0.15, 0.2) is 5.78 Å². The summed E-state index contributed by atoms with van der Waals surface area (Å²) in [6.45, 7) is 9.42. The van der Waals surface area contributed by atoms with E-state index in [1.54, 1.807) is 24.8 Å². The Morgan fingerprint density at radius 3 is 2.02 bits per heavy atom. The van der Waals surface area contributed by atoms with Crippen molar-refractivity contribution in [3.63, 3.8) is 0 Å². The third-order valence-electron chi connectivity index (χ3n) is 7.85. The van der Waals surface area contributed by atoms with Gasteiger partial charge in [-0.15, -0.1) is 0 Å². The fourth-order valence-electron chi connectivity index (χ4n) is 5.38. The SMILES string of the molecule is CC(=O)c1ccc(N2CCNCC2)cc1F.CC(C)Oc1ccc(C(N)=O)cc1C(=O)N1CCN(c2ccc(C(F)(F)F)cc2F)CC1. The molecule has 2 fully saturated rings. The first-order valence-corrected chi connectivity index (χ1v) is 15.4. The molecule has 258 valence electrons. The van der Waals surface area contributed by atoms with Gasteiger partial charge in [0.2, 0.25) is 5.91 Å². The van der Waals surface area contributed by atoms with Crippen LogP contribution in [-0.4, -0.2) is 81.0 Å². The first kappa shape index (κ1) is 36.1. The van der Waals surface area contributed by atoms with Crippen LogP contribution in [0.1, 0.15) is 57.4 Å². The van der Waals surface area contributed by atoms with E-state index in [1.165, 1.54) is 36.1 Å². The number of ether oxygens (including phenoxy) is 1. The van der Waals surface area contributed by atoms with Crippen LogP contribution in [0.2, 0.25) is 0 Å². The molecule has 0 spiro atoms. The molecule has 0 aromatic heterocycles. The summed E-state index contributed by atoms with van der Waals surface area (Å²) in [4.78, 5) is 41.0. The number of carbonyl (C=O) groups excluding carboxylic acids is 3. The second-order valence-corrected chi connectivity index (χ2v) is 11.6. The minimum Gasteiger partial charge on any atom is -0.490 e.